The molecule has 2 amide bonds. The van der Waals surface area contributed by atoms with Crippen molar-refractivity contribution < 1.29 is 4.79 Å². The lowest BCUT2D eigenvalue weighted by molar-refractivity contribution is 0.161. The normalized spacial score (nSPS) is 21.3. The molecule has 2 N–H and O–H groups in total. The molecule has 0 spiro atoms. The highest BCUT2D eigenvalue weighted by molar-refractivity contribution is 5.92. The number of carbonyl (C=O) groups excluding carboxylic acids is 1. The van der Waals surface area contributed by atoms with Crippen LogP contribution in [0.2, 0.25) is 0 Å². The van der Waals surface area contributed by atoms with Crippen LogP contribution in [0.15, 0.2) is 18.2 Å². The molecule has 0 radical (unpaired) electrons. The zero-order valence-corrected chi connectivity index (χ0v) is 19.6. The second-order valence-electron chi connectivity index (χ2n) is 11.7. The maximum Gasteiger partial charge on any atom is 0.319 e. The van der Waals surface area contributed by atoms with Crippen molar-refractivity contribution in [3.63, 3.8) is 0 Å². The van der Waals surface area contributed by atoms with E-state index < -0.39 is 0 Å². The minimum absolute atomic E-state index is 0.0331. The lowest BCUT2D eigenvalue weighted by atomic mass is 9.71. The van der Waals surface area contributed by atoms with Crippen molar-refractivity contribution in [2.75, 3.05) is 5.32 Å². The highest BCUT2D eigenvalue weighted by atomic mass is 16.2. The molecule has 28 heavy (non-hydrogen) atoms. The molecule has 1 aliphatic rings. The highest BCUT2D eigenvalue weighted by Gasteiger charge is 2.31. The van der Waals surface area contributed by atoms with E-state index in [1.165, 1.54) is 24.0 Å². The Bertz CT molecular complexity index is 646. The van der Waals surface area contributed by atoms with E-state index in [4.69, 9.17) is 0 Å². The van der Waals surface area contributed by atoms with E-state index in [1.54, 1.807) is 0 Å². The molecule has 1 saturated carbocycles. The van der Waals surface area contributed by atoms with Crippen molar-refractivity contribution >= 4 is 11.7 Å². The van der Waals surface area contributed by atoms with Crippen LogP contribution in [0.3, 0.4) is 0 Å². The van der Waals surface area contributed by atoms with Gasteiger partial charge < -0.3 is 10.6 Å². The van der Waals surface area contributed by atoms with Gasteiger partial charge >= 0.3 is 6.03 Å². The fourth-order valence-electron chi connectivity index (χ4n) is 4.38. The van der Waals surface area contributed by atoms with Crippen molar-refractivity contribution in [1.29, 1.82) is 0 Å². The van der Waals surface area contributed by atoms with Gasteiger partial charge in [-0.15, -0.1) is 0 Å². The first-order chi connectivity index (χ1) is 12.7. The van der Waals surface area contributed by atoms with E-state index in [2.05, 4.69) is 91.1 Å². The summed E-state index contributed by atoms with van der Waals surface area (Å²) in [6.07, 6.45) is 4.53. The van der Waals surface area contributed by atoms with E-state index in [9.17, 15) is 4.79 Å². The maximum atomic E-state index is 12.9. The number of anilines is 1. The Hall–Kier alpha value is -1.51. The summed E-state index contributed by atoms with van der Waals surface area (Å²) in [6, 6.07) is 6.59. The Labute approximate surface area is 173 Å². The summed E-state index contributed by atoms with van der Waals surface area (Å²) in [6.45, 7) is 20.2. The van der Waals surface area contributed by atoms with Gasteiger partial charge in [-0.2, -0.15) is 0 Å². The molecule has 158 valence electrons. The van der Waals surface area contributed by atoms with Gasteiger partial charge in [-0.25, -0.2) is 4.79 Å². The smallest absolute Gasteiger partial charge is 0.319 e. The van der Waals surface area contributed by atoms with Gasteiger partial charge in [0, 0.05) is 11.7 Å². The Balaban J connectivity index is 2.14. The summed E-state index contributed by atoms with van der Waals surface area (Å²) in [5, 5.41) is 6.48. The summed E-state index contributed by atoms with van der Waals surface area (Å²) < 4.78 is 0. The van der Waals surface area contributed by atoms with Crippen LogP contribution in [0.4, 0.5) is 10.5 Å². The molecule has 0 unspecified atom stereocenters. The average Bonchev–Trinajstić information content (AvgIpc) is 2.52. The summed E-state index contributed by atoms with van der Waals surface area (Å²) >= 11 is 0. The highest BCUT2D eigenvalue weighted by Crippen LogP contribution is 2.39. The number of amides is 2. The maximum absolute atomic E-state index is 12.9. The number of benzene rings is 1. The van der Waals surface area contributed by atoms with E-state index in [0.717, 1.165) is 24.4 Å². The van der Waals surface area contributed by atoms with Crippen LogP contribution in [0.25, 0.3) is 0 Å². The molecule has 0 heterocycles. The number of hydrogen-bond donors (Lipinski definition) is 2. The van der Waals surface area contributed by atoms with Gasteiger partial charge in [-0.3, -0.25) is 0 Å². The molecule has 1 aliphatic carbocycles. The molecule has 3 nitrogen and oxygen atoms in total. The van der Waals surface area contributed by atoms with Crippen LogP contribution in [0.5, 0.6) is 0 Å². The molecule has 1 aromatic rings. The van der Waals surface area contributed by atoms with Gasteiger partial charge in [0.1, 0.15) is 0 Å². The van der Waals surface area contributed by atoms with Crippen LogP contribution in [0.1, 0.15) is 99.1 Å². The third kappa shape index (κ3) is 5.75. The van der Waals surface area contributed by atoms with Gasteiger partial charge in [0.2, 0.25) is 0 Å². The first kappa shape index (κ1) is 22.8. The van der Waals surface area contributed by atoms with E-state index in [-0.39, 0.29) is 22.9 Å². The van der Waals surface area contributed by atoms with Gasteiger partial charge in [-0.05, 0) is 59.0 Å². The van der Waals surface area contributed by atoms with Gasteiger partial charge in [0.15, 0.2) is 0 Å². The second-order valence-corrected chi connectivity index (χ2v) is 11.7. The van der Waals surface area contributed by atoms with E-state index in [0.29, 0.717) is 5.41 Å². The van der Waals surface area contributed by atoms with Crippen LogP contribution in [-0.2, 0) is 10.8 Å². The molecule has 0 aliphatic heterocycles. The Kier molecular flexibility index (Phi) is 6.57. The molecule has 1 aromatic carbocycles. The summed E-state index contributed by atoms with van der Waals surface area (Å²) in [5.41, 5.74) is 3.64. The minimum atomic E-state index is -0.0681. The van der Waals surface area contributed by atoms with Crippen LogP contribution >= 0.6 is 0 Å². The number of urea groups is 1. The predicted octanol–water partition coefficient (Wildman–Crippen LogP) is 7.01. The quantitative estimate of drug-likeness (QED) is 0.564. The Morgan fingerprint density at radius 1 is 0.821 bits per heavy atom. The number of para-hydroxylation sites is 1. The topological polar surface area (TPSA) is 41.1 Å². The summed E-state index contributed by atoms with van der Waals surface area (Å²) in [5.74, 6) is 0.753. The standard InChI is InChI=1S/C25H42N2O/c1-23(2,3)17-13-15-18(16-14-17)26-22(28)27-21-19(24(4,5)6)11-10-12-20(21)25(7,8)9/h10-12,17-18H,13-16H2,1-9H3,(H2,26,27,28). The average molecular weight is 387 g/mol. The van der Waals surface area contributed by atoms with Crippen LogP contribution in [0, 0.1) is 11.3 Å². The molecule has 0 aromatic heterocycles. The monoisotopic (exact) mass is 386 g/mol. The molecule has 0 bridgehead atoms. The molecule has 2 rings (SSSR count). The van der Waals surface area contributed by atoms with Gasteiger partial charge in [0.25, 0.3) is 0 Å². The molecular weight excluding hydrogens is 344 g/mol. The number of nitrogens with one attached hydrogen (secondary N) is 2. The molecule has 0 saturated heterocycles. The lowest BCUT2D eigenvalue weighted by Gasteiger charge is -2.37. The fourth-order valence-corrected chi connectivity index (χ4v) is 4.38. The summed E-state index contributed by atoms with van der Waals surface area (Å²) in [4.78, 5) is 12.9. The van der Waals surface area contributed by atoms with Crippen molar-refractivity contribution in [3.05, 3.63) is 29.3 Å². The van der Waals surface area contributed by atoms with Crippen molar-refractivity contribution in [1.82, 2.24) is 5.32 Å². The van der Waals surface area contributed by atoms with Crippen molar-refractivity contribution in [2.24, 2.45) is 11.3 Å². The SMILES string of the molecule is CC(C)(C)c1cccc(C(C)(C)C)c1NC(=O)NC1CCC(C(C)(C)C)CC1. The molecular formula is C25H42N2O. The first-order valence-corrected chi connectivity index (χ1v) is 10.9. The third-order valence-electron chi connectivity index (χ3n) is 6.21. The Morgan fingerprint density at radius 3 is 1.68 bits per heavy atom. The summed E-state index contributed by atoms with van der Waals surface area (Å²) in [7, 11) is 0. The first-order valence-electron chi connectivity index (χ1n) is 10.9. The van der Waals surface area contributed by atoms with Gasteiger partial charge in [-0.1, -0.05) is 80.5 Å². The molecule has 1 fully saturated rings. The number of rotatable bonds is 2. The molecule has 0 atom stereocenters. The zero-order valence-electron chi connectivity index (χ0n) is 19.6. The molecule has 3 heteroatoms. The third-order valence-corrected chi connectivity index (χ3v) is 6.21. The fraction of sp³-hybridized carbons (Fsp3) is 0.720. The van der Waals surface area contributed by atoms with Crippen molar-refractivity contribution in [3.8, 4) is 0 Å². The minimum Gasteiger partial charge on any atom is -0.335 e. The van der Waals surface area contributed by atoms with Crippen LogP contribution in [-0.4, -0.2) is 12.1 Å². The number of carbonyl (C=O) groups is 1. The van der Waals surface area contributed by atoms with Crippen molar-refractivity contribution in [2.45, 2.75) is 105 Å². The number of hydrogen-bond acceptors (Lipinski definition) is 1. The van der Waals surface area contributed by atoms with E-state index >= 15 is 0 Å². The zero-order chi connectivity index (χ0) is 21.3. The lowest BCUT2D eigenvalue weighted by Crippen LogP contribution is -2.42. The van der Waals surface area contributed by atoms with E-state index in [1.807, 2.05) is 0 Å². The largest absolute Gasteiger partial charge is 0.335 e. The van der Waals surface area contributed by atoms with Crippen LogP contribution < -0.4 is 10.6 Å². The second kappa shape index (κ2) is 8.08. The Morgan fingerprint density at radius 2 is 1.29 bits per heavy atom. The predicted molar refractivity (Wildman–Crippen MR) is 121 cm³/mol. The van der Waals surface area contributed by atoms with Gasteiger partial charge in [0.05, 0.1) is 0 Å².